The summed E-state index contributed by atoms with van der Waals surface area (Å²) in [5.74, 6) is -0.835. The molecular weight excluding hydrogens is 414 g/mol. The normalized spacial score (nSPS) is 18.7. The number of hydrogen-bond acceptors (Lipinski definition) is 3. The first-order chi connectivity index (χ1) is 15.8. The number of nitrogens with one attached hydrogen (secondary N) is 2. The molecule has 0 radical (unpaired) electrons. The van der Waals surface area contributed by atoms with Crippen molar-refractivity contribution in [3.8, 4) is 11.1 Å². The molecule has 2 unspecified atom stereocenters. The molecule has 2 atom stereocenters. The molecule has 6 heteroatoms. The smallest absolute Gasteiger partial charge is 0.325 e. The fraction of sp³-hybridized carbons (Fsp3) is 0.222. The Labute approximate surface area is 193 Å². The summed E-state index contributed by atoms with van der Waals surface area (Å²) in [6, 6.07) is 24.6. The second-order valence-corrected chi connectivity index (χ2v) is 8.59. The van der Waals surface area contributed by atoms with Gasteiger partial charge in [-0.1, -0.05) is 84.4 Å². The van der Waals surface area contributed by atoms with Gasteiger partial charge in [-0.05, 0) is 43.0 Å². The van der Waals surface area contributed by atoms with Gasteiger partial charge >= 0.3 is 6.03 Å². The van der Waals surface area contributed by atoms with Crippen molar-refractivity contribution in [3.05, 3.63) is 95.6 Å². The summed E-state index contributed by atoms with van der Waals surface area (Å²) in [6.45, 7) is 5.15. The van der Waals surface area contributed by atoms with Gasteiger partial charge in [-0.15, -0.1) is 0 Å². The molecule has 4 rings (SSSR count). The molecule has 0 spiro atoms. The van der Waals surface area contributed by atoms with Crippen molar-refractivity contribution in [1.29, 1.82) is 0 Å². The van der Waals surface area contributed by atoms with Crippen LogP contribution in [0.4, 0.5) is 4.79 Å². The quantitative estimate of drug-likeness (QED) is 0.560. The van der Waals surface area contributed by atoms with Gasteiger partial charge in [0, 0.05) is 0 Å². The molecule has 2 N–H and O–H groups in total. The summed E-state index contributed by atoms with van der Waals surface area (Å²) in [7, 11) is 0. The van der Waals surface area contributed by atoms with Gasteiger partial charge in [0.1, 0.15) is 12.1 Å². The minimum Gasteiger partial charge on any atom is -0.348 e. The second kappa shape index (κ2) is 8.90. The summed E-state index contributed by atoms with van der Waals surface area (Å²) in [5, 5.41) is 5.62. The van der Waals surface area contributed by atoms with E-state index in [0.29, 0.717) is 5.56 Å². The molecule has 4 amide bonds. The third-order valence-electron chi connectivity index (χ3n) is 6.10. The number of imide groups is 1. The largest absolute Gasteiger partial charge is 0.348 e. The topological polar surface area (TPSA) is 78.5 Å². The van der Waals surface area contributed by atoms with Gasteiger partial charge in [0.15, 0.2) is 0 Å². The van der Waals surface area contributed by atoms with Crippen molar-refractivity contribution in [1.82, 2.24) is 15.5 Å². The number of carbonyl (C=O) groups excluding carboxylic acids is 3. The predicted octanol–water partition coefficient (Wildman–Crippen LogP) is 4.31. The fourth-order valence-electron chi connectivity index (χ4n) is 4.03. The molecule has 1 fully saturated rings. The van der Waals surface area contributed by atoms with Crippen LogP contribution in [0.25, 0.3) is 11.1 Å². The molecular formula is C27H27N3O3. The molecule has 3 aromatic rings. The Morgan fingerprint density at radius 2 is 1.55 bits per heavy atom. The van der Waals surface area contributed by atoms with E-state index >= 15 is 0 Å². The molecule has 0 aromatic heterocycles. The van der Waals surface area contributed by atoms with Crippen molar-refractivity contribution in [2.75, 3.05) is 6.54 Å². The molecule has 168 valence electrons. The Morgan fingerprint density at radius 3 is 2.18 bits per heavy atom. The minimum atomic E-state index is -1.19. The molecule has 3 aromatic carbocycles. The van der Waals surface area contributed by atoms with Crippen LogP contribution < -0.4 is 10.6 Å². The van der Waals surface area contributed by atoms with E-state index in [0.717, 1.165) is 27.2 Å². The first-order valence-electron chi connectivity index (χ1n) is 10.9. The van der Waals surface area contributed by atoms with E-state index in [1.54, 1.807) is 6.92 Å². The number of carbonyl (C=O) groups is 3. The third kappa shape index (κ3) is 4.51. The Hall–Kier alpha value is -3.93. The lowest BCUT2D eigenvalue weighted by atomic mass is 9.91. The molecule has 6 nitrogen and oxygen atoms in total. The summed E-state index contributed by atoms with van der Waals surface area (Å²) >= 11 is 0. The van der Waals surface area contributed by atoms with Gasteiger partial charge in [-0.3, -0.25) is 14.5 Å². The van der Waals surface area contributed by atoms with Crippen LogP contribution in [0.15, 0.2) is 78.9 Å². The van der Waals surface area contributed by atoms with Gasteiger partial charge < -0.3 is 10.6 Å². The van der Waals surface area contributed by atoms with Crippen LogP contribution >= 0.6 is 0 Å². The molecule has 1 heterocycles. The number of aryl methyl sites for hydroxylation is 1. The van der Waals surface area contributed by atoms with Crippen LogP contribution in [0, 0.1) is 6.92 Å². The molecule has 1 saturated heterocycles. The number of hydrogen-bond donors (Lipinski definition) is 2. The number of nitrogens with zero attached hydrogens (tertiary/aromatic N) is 1. The Balaban J connectivity index is 1.40. The number of amides is 4. The predicted molar refractivity (Wildman–Crippen MR) is 127 cm³/mol. The monoisotopic (exact) mass is 441 g/mol. The lowest BCUT2D eigenvalue weighted by Gasteiger charge is -2.22. The molecule has 33 heavy (non-hydrogen) atoms. The SMILES string of the molecule is Cc1ccc(C2(C)NC(=O)N(CC(=O)NC(C)c3ccc(-c4ccccc4)cc3)C2=O)cc1. The van der Waals surface area contributed by atoms with E-state index in [9.17, 15) is 14.4 Å². The summed E-state index contributed by atoms with van der Waals surface area (Å²) in [4.78, 5) is 39.2. The zero-order valence-corrected chi connectivity index (χ0v) is 19.0. The van der Waals surface area contributed by atoms with Crippen LogP contribution in [-0.4, -0.2) is 29.3 Å². The van der Waals surface area contributed by atoms with Crippen molar-refractivity contribution in [2.45, 2.75) is 32.4 Å². The maximum Gasteiger partial charge on any atom is 0.325 e. The Kier molecular flexibility index (Phi) is 6.01. The van der Waals surface area contributed by atoms with Crippen LogP contribution in [0.2, 0.25) is 0 Å². The first-order valence-corrected chi connectivity index (χ1v) is 10.9. The van der Waals surface area contributed by atoms with Gasteiger partial charge in [-0.25, -0.2) is 4.79 Å². The zero-order chi connectivity index (χ0) is 23.6. The van der Waals surface area contributed by atoms with Crippen molar-refractivity contribution < 1.29 is 14.4 Å². The molecule has 0 bridgehead atoms. The van der Waals surface area contributed by atoms with Crippen LogP contribution in [0.5, 0.6) is 0 Å². The molecule has 0 saturated carbocycles. The van der Waals surface area contributed by atoms with Gasteiger partial charge in [0.05, 0.1) is 6.04 Å². The number of rotatable bonds is 6. The van der Waals surface area contributed by atoms with Crippen LogP contribution in [0.1, 0.15) is 36.6 Å². The standard InChI is InChI=1S/C27H27N3O3/c1-18-9-15-23(16-10-18)27(3)25(32)30(26(33)29-27)17-24(31)28-19(2)20-11-13-22(14-12-20)21-7-5-4-6-8-21/h4-16,19H,17H2,1-3H3,(H,28,31)(H,29,33). The van der Waals surface area contributed by atoms with E-state index in [2.05, 4.69) is 10.6 Å². The highest BCUT2D eigenvalue weighted by atomic mass is 16.2. The number of urea groups is 1. The van der Waals surface area contributed by atoms with Gasteiger partial charge in [0.25, 0.3) is 5.91 Å². The van der Waals surface area contributed by atoms with Crippen molar-refractivity contribution >= 4 is 17.8 Å². The highest BCUT2D eigenvalue weighted by molar-refractivity contribution is 6.09. The minimum absolute atomic E-state index is 0.272. The summed E-state index contributed by atoms with van der Waals surface area (Å²) < 4.78 is 0. The third-order valence-corrected chi connectivity index (χ3v) is 6.10. The van der Waals surface area contributed by atoms with Crippen LogP contribution in [-0.2, 0) is 15.1 Å². The van der Waals surface area contributed by atoms with E-state index in [1.807, 2.05) is 92.7 Å². The maximum absolute atomic E-state index is 13.0. The first kappa shape index (κ1) is 22.3. The van der Waals surface area contributed by atoms with E-state index in [1.165, 1.54) is 0 Å². The van der Waals surface area contributed by atoms with E-state index in [4.69, 9.17) is 0 Å². The summed E-state index contributed by atoms with van der Waals surface area (Å²) in [5.41, 5.74) is 3.69. The average Bonchev–Trinajstić information content (AvgIpc) is 3.04. The number of benzene rings is 3. The fourth-order valence-corrected chi connectivity index (χ4v) is 4.03. The maximum atomic E-state index is 13.0. The lowest BCUT2D eigenvalue weighted by molar-refractivity contribution is -0.135. The molecule has 1 aliphatic rings. The van der Waals surface area contributed by atoms with E-state index < -0.39 is 23.4 Å². The zero-order valence-electron chi connectivity index (χ0n) is 19.0. The van der Waals surface area contributed by atoms with Gasteiger partial charge in [0.2, 0.25) is 5.91 Å². The van der Waals surface area contributed by atoms with Gasteiger partial charge in [-0.2, -0.15) is 0 Å². The highest BCUT2D eigenvalue weighted by Gasteiger charge is 2.49. The van der Waals surface area contributed by atoms with Crippen molar-refractivity contribution in [3.63, 3.8) is 0 Å². The lowest BCUT2D eigenvalue weighted by Crippen LogP contribution is -2.43. The summed E-state index contributed by atoms with van der Waals surface area (Å²) in [6.07, 6.45) is 0. The Morgan fingerprint density at radius 1 is 0.939 bits per heavy atom. The molecule has 1 aliphatic heterocycles. The van der Waals surface area contributed by atoms with Crippen LogP contribution in [0.3, 0.4) is 0 Å². The van der Waals surface area contributed by atoms with E-state index in [-0.39, 0.29) is 12.6 Å². The molecule has 0 aliphatic carbocycles. The second-order valence-electron chi connectivity index (χ2n) is 8.59. The highest BCUT2D eigenvalue weighted by Crippen LogP contribution is 2.29. The average molecular weight is 442 g/mol. The Bertz CT molecular complexity index is 1170. The van der Waals surface area contributed by atoms with Crippen molar-refractivity contribution in [2.24, 2.45) is 0 Å².